The van der Waals surface area contributed by atoms with Gasteiger partial charge >= 0.3 is 11.9 Å². The molecular weight excluding hydrogens is 344 g/mol. The van der Waals surface area contributed by atoms with E-state index in [1.54, 1.807) is 19.9 Å². The Morgan fingerprint density at radius 2 is 2.04 bits per heavy atom. The molecule has 1 heterocycles. The van der Waals surface area contributed by atoms with E-state index in [1.807, 2.05) is 0 Å². The highest BCUT2D eigenvalue weighted by Crippen LogP contribution is 2.40. The third-order valence-corrected chi connectivity index (χ3v) is 4.06. The van der Waals surface area contributed by atoms with Crippen LogP contribution in [0.15, 0.2) is 40.5 Å². The van der Waals surface area contributed by atoms with Crippen molar-refractivity contribution in [2.75, 3.05) is 13.9 Å². The number of nitro benzene ring substituents is 1. The minimum atomic E-state index is -1.19. The molecule has 0 spiro atoms. The molecule has 0 fully saturated rings. The maximum Gasteiger partial charge on any atom is 0.338 e. The molecule has 2 rings (SSSR count). The van der Waals surface area contributed by atoms with Crippen molar-refractivity contribution in [2.45, 2.75) is 19.8 Å². The summed E-state index contributed by atoms with van der Waals surface area (Å²) in [5, 5.41) is 20.7. The monoisotopic (exact) mass is 362 g/mol. The first kappa shape index (κ1) is 19.3. The van der Waals surface area contributed by atoms with Crippen LogP contribution >= 0.6 is 0 Å². The van der Waals surface area contributed by atoms with Crippen molar-refractivity contribution in [1.82, 2.24) is 0 Å². The molecule has 1 aliphatic rings. The molecule has 1 unspecified atom stereocenters. The van der Waals surface area contributed by atoms with Gasteiger partial charge in [-0.25, -0.2) is 4.79 Å². The average molecular weight is 362 g/mol. The third-order valence-electron chi connectivity index (χ3n) is 4.06. The molecule has 0 aliphatic carbocycles. The van der Waals surface area contributed by atoms with E-state index in [4.69, 9.17) is 9.47 Å². The smallest absolute Gasteiger partial charge is 0.338 e. The molecule has 1 aromatic carbocycles. The zero-order valence-electron chi connectivity index (χ0n) is 14.5. The van der Waals surface area contributed by atoms with Crippen LogP contribution in [0.2, 0.25) is 0 Å². The van der Waals surface area contributed by atoms with Crippen molar-refractivity contribution in [3.05, 3.63) is 51.2 Å². The Morgan fingerprint density at radius 1 is 1.35 bits per heavy atom. The minimum absolute atomic E-state index is 0.0422. The van der Waals surface area contributed by atoms with E-state index >= 15 is 0 Å². The van der Waals surface area contributed by atoms with Gasteiger partial charge in [0.15, 0.2) is 6.79 Å². The molecule has 0 amide bonds. The Hall–Kier alpha value is -3.07. The van der Waals surface area contributed by atoms with E-state index in [2.05, 4.69) is 4.99 Å². The number of carbonyl (C=O) groups excluding carboxylic acids is 1. The summed E-state index contributed by atoms with van der Waals surface area (Å²) in [6.07, 6.45) is 0. The Kier molecular flexibility index (Phi) is 5.83. The number of hydrogen-bond donors (Lipinski definition) is 1. The van der Waals surface area contributed by atoms with Crippen LogP contribution < -0.4 is 0 Å². The molecule has 9 heteroatoms. The van der Waals surface area contributed by atoms with Crippen LogP contribution in [-0.2, 0) is 19.1 Å². The van der Waals surface area contributed by atoms with Gasteiger partial charge in [-0.3, -0.25) is 19.9 Å². The Morgan fingerprint density at radius 3 is 2.62 bits per heavy atom. The molecule has 0 saturated heterocycles. The number of ether oxygens (including phenoxy) is 2. The van der Waals surface area contributed by atoms with Crippen molar-refractivity contribution < 1.29 is 29.1 Å². The maximum atomic E-state index is 12.5. The van der Waals surface area contributed by atoms with Gasteiger partial charge in [0.25, 0.3) is 5.69 Å². The van der Waals surface area contributed by atoms with Gasteiger partial charge in [0, 0.05) is 36.6 Å². The van der Waals surface area contributed by atoms with Gasteiger partial charge in [-0.1, -0.05) is 12.1 Å². The number of aliphatic carboxylic acids is 1. The van der Waals surface area contributed by atoms with Gasteiger partial charge < -0.3 is 14.6 Å². The number of rotatable bonds is 6. The number of aliphatic imine (C=N–C) groups is 1. The highest BCUT2D eigenvalue weighted by Gasteiger charge is 2.42. The number of hydrogen-bond acceptors (Lipinski definition) is 7. The molecule has 0 saturated carbocycles. The summed E-state index contributed by atoms with van der Waals surface area (Å²) in [5.41, 5.74) is 0.770. The highest BCUT2D eigenvalue weighted by atomic mass is 16.7. The van der Waals surface area contributed by atoms with E-state index in [0.29, 0.717) is 17.0 Å². The van der Waals surface area contributed by atoms with Crippen molar-refractivity contribution in [1.29, 1.82) is 0 Å². The predicted octanol–water partition coefficient (Wildman–Crippen LogP) is 2.27. The Labute approximate surface area is 149 Å². The van der Waals surface area contributed by atoms with Crippen LogP contribution in [0.4, 0.5) is 5.69 Å². The summed E-state index contributed by atoms with van der Waals surface area (Å²) < 4.78 is 9.70. The molecule has 1 N–H and O–H groups in total. The second kappa shape index (κ2) is 7.87. The third kappa shape index (κ3) is 3.77. The molecule has 9 nitrogen and oxygen atoms in total. The van der Waals surface area contributed by atoms with Gasteiger partial charge in [-0.05, 0) is 19.4 Å². The van der Waals surface area contributed by atoms with E-state index in [0.717, 1.165) is 0 Å². The predicted molar refractivity (Wildman–Crippen MR) is 90.7 cm³/mol. The first-order valence-corrected chi connectivity index (χ1v) is 7.67. The normalized spacial score (nSPS) is 19.7. The van der Waals surface area contributed by atoms with E-state index in [9.17, 15) is 24.8 Å². The second-order valence-electron chi connectivity index (χ2n) is 5.74. The number of nitro groups is 1. The highest BCUT2D eigenvalue weighted by molar-refractivity contribution is 6.06. The van der Waals surface area contributed by atoms with Crippen LogP contribution in [0.5, 0.6) is 0 Å². The minimum Gasteiger partial charge on any atom is -0.481 e. The molecular formula is C17H18N2O7. The quantitative estimate of drug-likeness (QED) is 0.356. The summed E-state index contributed by atoms with van der Waals surface area (Å²) in [6, 6.07) is 5.54. The molecule has 138 valence electrons. The second-order valence-corrected chi connectivity index (χ2v) is 5.74. The molecule has 0 bridgehead atoms. The summed E-state index contributed by atoms with van der Waals surface area (Å²) >= 11 is 0. The van der Waals surface area contributed by atoms with Gasteiger partial charge in [-0.2, -0.15) is 0 Å². The number of carbonyl (C=O) groups is 2. The van der Waals surface area contributed by atoms with Crippen LogP contribution in [0.25, 0.3) is 0 Å². The number of allylic oxidation sites excluding steroid dienone is 1. The molecule has 26 heavy (non-hydrogen) atoms. The lowest BCUT2D eigenvalue weighted by molar-refractivity contribution is -0.384. The summed E-state index contributed by atoms with van der Waals surface area (Å²) in [6.45, 7) is 2.80. The van der Waals surface area contributed by atoms with Crippen LogP contribution in [0, 0.1) is 16.0 Å². The van der Waals surface area contributed by atoms with E-state index < -0.39 is 28.7 Å². The SMILES string of the molecule is COCOC(=O)C1=C(C)N=C(C)C(C(=O)O)[C@@H]1c1cccc([N+](=O)[O-])c1. The number of carboxylic acid groups (broad SMARTS) is 1. The Balaban J connectivity index is 2.63. The number of non-ortho nitro benzene ring substituents is 1. The summed E-state index contributed by atoms with van der Waals surface area (Å²) in [5.74, 6) is -4.07. The summed E-state index contributed by atoms with van der Waals surface area (Å²) in [7, 11) is 1.34. The van der Waals surface area contributed by atoms with Crippen molar-refractivity contribution in [2.24, 2.45) is 10.9 Å². The van der Waals surface area contributed by atoms with Gasteiger partial charge in [0.1, 0.15) is 5.92 Å². The van der Waals surface area contributed by atoms with Crippen LogP contribution in [0.1, 0.15) is 25.3 Å². The number of esters is 1. The van der Waals surface area contributed by atoms with E-state index in [-0.39, 0.29) is 18.1 Å². The standard InChI is InChI=1S/C17H18N2O7/c1-9-13(16(20)21)15(11-5-4-6-12(7-11)19(23)24)14(10(2)18-9)17(22)26-8-25-3/h4-7,13,15H,8H2,1-3H3,(H,20,21)/t13?,15-/m0/s1. The van der Waals surface area contributed by atoms with Crippen molar-refractivity contribution >= 4 is 23.3 Å². The lowest BCUT2D eigenvalue weighted by Gasteiger charge is -2.30. The van der Waals surface area contributed by atoms with Gasteiger partial charge in [0.2, 0.25) is 0 Å². The van der Waals surface area contributed by atoms with Crippen molar-refractivity contribution in [3.63, 3.8) is 0 Å². The molecule has 0 aromatic heterocycles. The molecule has 1 aromatic rings. The molecule has 1 aliphatic heterocycles. The topological polar surface area (TPSA) is 128 Å². The van der Waals surface area contributed by atoms with Gasteiger partial charge in [0.05, 0.1) is 10.5 Å². The van der Waals surface area contributed by atoms with Crippen LogP contribution in [-0.4, -0.2) is 41.6 Å². The number of methoxy groups -OCH3 is 1. The first-order chi connectivity index (χ1) is 12.3. The number of carboxylic acids is 1. The Bertz CT molecular complexity index is 813. The number of benzene rings is 1. The fourth-order valence-corrected chi connectivity index (χ4v) is 3.00. The molecule has 2 atom stereocenters. The zero-order chi connectivity index (χ0) is 19.4. The van der Waals surface area contributed by atoms with Gasteiger partial charge in [-0.15, -0.1) is 0 Å². The van der Waals surface area contributed by atoms with E-state index in [1.165, 1.54) is 25.3 Å². The lowest BCUT2D eigenvalue weighted by Crippen LogP contribution is -2.35. The summed E-state index contributed by atoms with van der Waals surface area (Å²) in [4.78, 5) is 39.0. The fourth-order valence-electron chi connectivity index (χ4n) is 3.00. The zero-order valence-corrected chi connectivity index (χ0v) is 14.5. The lowest BCUT2D eigenvalue weighted by atomic mass is 9.75. The average Bonchev–Trinajstić information content (AvgIpc) is 2.58. The maximum absolute atomic E-state index is 12.5. The number of nitrogens with zero attached hydrogens (tertiary/aromatic N) is 2. The fraction of sp³-hybridized carbons (Fsp3) is 0.353. The van der Waals surface area contributed by atoms with Crippen LogP contribution in [0.3, 0.4) is 0 Å². The van der Waals surface area contributed by atoms with Crippen molar-refractivity contribution in [3.8, 4) is 0 Å². The molecule has 0 radical (unpaired) electrons. The largest absolute Gasteiger partial charge is 0.481 e. The first-order valence-electron chi connectivity index (χ1n) is 7.67.